The summed E-state index contributed by atoms with van der Waals surface area (Å²) < 4.78 is 5.56. The van der Waals surface area contributed by atoms with E-state index in [2.05, 4.69) is 27.1 Å². The summed E-state index contributed by atoms with van der Waals surface area (Å²) in [6, 6.07) is 10.9. The van der Waals surface area contributed by atoms with Crippen molar-refractivity contribution in [2.75, 3.05) is 56.2 Å². The van der Waals surface area contributed by atoms with Crippen molar-refractivity contribution in [3.05, 3.63) is 75.3 Å². The molecule has 2 saturated heterocycles. The normalized spacial score (nSPS) is 15.6. The molecule has 5 N–H and O–H groups in total. The minimum Gasteiger partial charge on any atom is -0.381 e. The molecule has 0 atom stereocenters. The van der Waals surface area contributed by atoms with E-state index < -0.39 is 24.1 Å². The van der Waals surface area contributed by atoms with Crippen molar-refractivity contribution < 1.29 is 19.1 Å². The first kappa shape index (κ1) is 34.7. The quantitative estimate of drug-likeness (QED) is 0.105. The van der Waals surface area contributed by atoms with Gasteiger partial charge in [-0.2, -0.15) is 0 Å². The number of hydrogen-bond acceptors (Lipinski definition) is 9. The van der Waals surface area contributed by atoms with Crippen molar-refractivity contribution in [3.8, 4) is 11.1 Å². The van der Waals surface area contributed by atoms with Crippen molar-refractivity contribution in [1.29, 1.82) is 0 Å². The Kier molecular flexibility index (Phi) is 11.6. The highest BCUT2D eigenvalue weighted by molar-refractivity contribution is 6.06. The highest BCUT2D eigenvalue weighted by Gasteiger charge is 2.30. The lowest BCUT2D eigenvalue weighted by Gasteiger charge is -2.35. The summed E-state index contributed by atoms with van der Waals surface area (Å²) in [5.41, 5.74) is 6.23. The molecule has 0 saturated carbocycles. The summed E-state index contributed by atoms with van der Waals surface area (Å²) in [7, 11) is 2.11. The van der Waals surface area contributed by atoms with Gasteiger partial charge in [-0.1, -0.05) is 13.3 Å². The second-order valence-corrected chi connectivity index (χ2v) is 12.5. The Morgan fingerprint density at radius 1 is 1.06 bits per heavy atom. The number of aromatic nitrogens is 2. The lowest BCUT2D eigenvalue weighted by Crippen LogP contribution is -2.46. The summed E-state index contributed by atoms with van der Waals surface area (Å²) in [6.45, 7) is 8.53. The van der Waals surface area contributed by atoms with E-state index in [1.165, 1.54) is 0 Å². The van der Waals surface area contributed by atoms with Crippen LogP contribution in [0.3, 0.4) is 0 Å². The number of carbonyl (C=O) groups excluding carboxylic acids is 3. The van der Waals surface area contributed by atoms with Crippen LogP contribution in [0.2, 0.25) is 0 Å². The van der Waals surface area contributed by atoms with E-state index in [1.54, 1.807) is 23.2 Å². The van der Waals surface area contributed by atoms with Crippen LogP contribution in [0.4, 0.5) is 11.5 Å². The molecule has 0 bridgehead atoms. The second-order valence-electron chi connectivity index (χ2n) is 12.5. The number of pyridine rings is 2. The number of piperazine rings is 1. The fraction of sp³-hybridized carbons (Fsp3) is 0.457. The first-order valence-corrected chi connectivity index (χ1v) is 16.6. The Balaban J connectivity index is 1.51. The van der Waals surface area contributed by atoms with Crippen LogP contribution in [-0.4, -0.2) is 85.1 Å². The number of likely N-dealkylation sites (N-methyl/N-ethyl adjacent to an activating group) is 1. The van der Waals surface area contributed by atoms with Gasteiger partial charge in [0.15, 0.2) is 0 Å². The molecular weight excluding hydrogens is 612 g/mol. The highest BCUT2D eigenvalue weighted by Crippen LogP contribution is 2.31. The van der Waals surface area contributed by atoms with Crippen LogP contribution in [0.15, 0.2) is 47.4 Å². The number of hydrogen-bond donors (Lipinski definition) is 4. The number of ether oxygens (including phenoxy) is 1. The Morgan fingerprint density at radius 3 is 2.48 bits per heavy atom. The predicted octanol–water partition coefficient (Wildman–Crippen LogP) is 2.27. The average Bonchev–Trinajstić information content (AvgIpc) is 3.08. The number of amides is 3. The van der Waals surface area contributed by atoms with E-state index >= 15 is 0 Å². The van der Waals surface area contributed by atoms with Crippen LogP contribution in [0.1, 0.15) is 59.8 Å². The average molecular weight is 659 g/mol. The third kappa shape index (κ3) is 8.46. The van der Waals surface area contributed by atoms with Gasteiger partial charge in [0.05, 0.1) is 0 Å². The third-order valence-corrected chi connectivity index (χ3v) is 8.97. The zero-order valence-corrected chi connectivity index (χ0v) is 28.0. The number of aryl methyl sites for hydroxylation is 2. The molecule has 13 heteroatoms. The second kappa shape index (κ2) is 16.0. The van der Waals surface area contributed by atoms with Crippen LogP contribution in [-0.2, 0) is 27.3 Å². The summed E-state index contributed by atoms with van der Waals surface area (Å²) in [4.78, 5) is 66.3. The Bertz CT molecular complexity index is 1660. The summed E-state index contributed by atoms with van der Waals surface area (Å²) in [5, 5.41) is 2.94. The van der Waals surface area contributed by atoms with Gasteiger partial charge in [0.2, 0.25) is 11.8 Å². The van der Waals surface area contributed by atoms with Gasteiger partial charge in [-0.25, -0.2) is 10.8 Å². The van der Waals surface area contributed by atoms with Crippen molar-refractivity contribution in [2.45, 2.75) is 58.5 Å². The molecule has 2 aromatic heterocycles. The summed E-state index contributed by atoms with van der Waals surface area (Å²) >= 11 is 0. The number of carbonyl (C=O) groups is 3. The zero-order chi connectivity index (χ0) is 34.2. The number of rotatable bonds is 11. The van der Waals surface area contributed by atoms with E-state index in [9.17, 15) is 19.2 Å². The van der Waals surface area contributed by atoms with E-state index in [1.807, 2.05) is 43.5 Å². The summed E-state index contributed by atoms with van der Waals surface area (Å²) in [6.07, 6.45) is 4.04. The van der Waals surface area contributed by atoms with Crippen LogP contribution < -0.4 is 31.9 Å². The topological polar surface area (TPSA) is 166 Å². The van der Waals surface area contributed by atoms with Crippen molar-refractivity contribution in [2.24, 2.45) is 5.84 Å². The van der Waals surface area contributed by atoms with Crippen molar-refractivity contribution in [1.82, 2.24) is 25.6 Å². The Hall–Kier alpha value is -4.59. The molecule has 0 radical (unpaired) electrons. The molecule has 0 spiro atoms. The Morgan fingerprint density at radius 2 is 1.81 bits per heavy atom. The first-order valence-electron chi connectivity index (χ1n) is 16.6. The van der Waals surface area contributed by atoms with Gasteiger partial charge < -0.3 is 29.7 Å². The number of H-pyrrole nitrogens is 1. The minimum atomic E-state index is -0.610. The maximum Gasteiger partial charge on any atom is 0.253 e. The van der Waals surface area contributed by atoms with Crippen LogP contribution in [0.25, 0.3) is 11.1 Å². The zero-order valence-electron chi connectivity index (χ0n) is 28.0. The molecule has 3 amide bonds. The predicted molar refractivity (Wildman–Crippen MR) is 185 cm³/mol. The molecular formula is C35H46N8O5. The largest absolute Gasteiger partial charge is 0.381 e. The number of hydrazine groups is 1. The number of anilines is 2. The monoisotopic (exact) mass is 658 g/mol. The molecule has 2 aliphatic heterocycles. The number of nitrogens with one attached hydrogen (secondary N) is 3. The van der Waals surface area contributed by atoms with E-state index in [0.29, 0.717) is 54.9 Å². The first-order chi connectivity index (χ1) is 23.2. The van der Waals surface area contributed by atoms with E-state index in [0.717, 1.165) is 55.2 Å². The Labute approximate surface area is 280 Å². The number of benzene rings is 1. The molecule has 256 valence electrons. The fourth-order valence-electron chi connectivity index (χ4n) is 6.34. The van der Waals surface area contributed by atoms with E-state index in [-0.39, 0.29) is 18.1 Å². The molecule has 2 aliphatic rings. The van der Waals surface area contributed by atoms with Crippen LogP contribution in [0.5, 0.6) is 0 Å². The van der Waals surface area contributed by atoms with Crippen LogP contribution >= 0.6 is 0 Å². The van der Waals surface area contributed by atoms with Gasteiger partial charge in [0, 0.05) is 86.2 Å². The van der Waals surface area contributed by atoms with Crippen LogP contribution in [0, 0.1) is 6.92 Å². The van der Waals surface area contributed by atoms with Gasteiger partial charge in [-0.15, -0.1) is 0 Å². The SMILES string of the molecule is CCCc1cc(C)[nH]c(=O)c1CNC(=O)c1cc(-c2ccc(N3CCN(C)CC3)nc2)cc(N(C(=O)CC(=O)NN)C2CCOCC2)c1. The molecule has 1 aromatic carbocycles. The van der Waals surface area contributed by atoms with Crippen molar-refractivity contribution in [3.63, 3.8) is 0 Å². The minimum absolute atomic E-state index is 0.0455. The van der Waals surface area contributed by atoms with Gasteiger partial charge in [0.25, 0.3) is 11.5 Å². The number of nitrogens with zero attached hydrogens (tertiary/aromatic N) is 4. The maximum atomic E-state index is 13.8. The molecule has 4 heterocycles. The molecule has 0 unspecified atom stereocenters. The molecule has 5 rings (SSSR count). The van der Waals surface area contributed by atoms with Gasteiger partial charge >= 0.3 is 0 Å². The maximum absolute atomic E-state index is 13.8. The smallest absolute Gasteiger partial charge is 0.253 e. The third-order valence-electron chi connectivity index (χ3n) is 8.97. The molecule has 2 fully saturated rings. The number of nitrogens with two attached hydrogens (primary N) is 1. The standard InChI is InChI=1S/C35H46N8O5/c1-4-5-24-16-23(2)39-35(47)30(24)22-38-34(46)27-17-26(25-6-7-31(37-21-25)42-12-10-41(3)11-13-42)18-29(19-27)43(28-8-14-48-15-9-28)33(45)20-32(44)40-36/h6-7,16-19,21,28H,4-5,8-15,20,22,36H2,1-3H3,(H,38,46)(H,39,47)(H,40,44). The fourth-order valence-corrected chi connectivity index (χ4v) is 6.34. The molecule has 48 heavy (non-hydrogen) atoms. The lowest BCUT2D eigenvalue weighted by atomic mass is 9.99. The van der Waals surface area contributed by atoms with Gasteiger partial charge in [-0.05, 0) is 80.8 Å². The van der Waals surface area contributed by atoms with Gasteiger partial charge in [0.1, 0.15) is 12.2 Å². The van der Waals surface area contributed by atoms with Gasteiger partial charge in [-0.3, -0.25) is 24.6 Å². The molecule has 3 aromatic rings. The molecule has 0 aliphatic carbocycles. The number of aromatic amines is 1. The van der Waals surface area contributed by atoms with Crippen molar-refractivity contribution >= 4 is 29.2 Å². The van der Waals surface area contributed by atoms with E-state index in [4.69, 9.17) is 15.6 Å². The highest BCUT2D eigenvalue weighted by atomic mass is 16.5. The summed E-state index contributed by atoms with van der Waals surface area (Å²) in [5.74, 6) is 4.75. The lowest BCUT2D eigenvalue weighted by molar-refractivity contribution is -0.128. The molecule has 13 nitrogen and oxygen atoms in total.